The van der Waals surface area contributed by atoms with E-state index < -0.39 is 10.0 Å². The summed E-state index contributed by atoms with van der Waals surface area (Å²) in [7, 11) is -3.63. The van der Waals surface area contributed by atoms with Crippen LogP contribution in [0.5, 0.6) is 0 Å². The van der Waals surface area contributed by atoms with Gasteiger partial charge in [0.05, 0.1) is 10.6 Å². The number of hydrogen-bond donors (Lipinski definition) is 2. The number of nitrogens with one attached hydrogen (secondary N) is 2. The van der Waals surface area contributed by atoms with Crippen LogP contribution >= 0.6 is 11.8 Å². The highest BCUT2D eigenvalue weighted by atomic mass is 32.2. The zero-order chi connectivity index (χ0) is 21.1. The second kappa shape index (κ2) is 8.49. The number of anilines is 1. The van der Waals surface area contributed by atoms with Gasteiger partial charge >= 0.3 is 0 Å². The molecule has 3 aromatic rings. The summed E-state index contributed by atoms with van der Waals surface area (Å²) in [6, 6.07) is 12.0. The standard InChI is InChI=1S/C20H21N5O3S2/c1-14-2-5-17(6-3-14)30(27,28)25-10-8-15-12-16(4-7-18(15)25)19(26)21-9-11-29-20-22-13-23-24-20/h2-7,12-13H,8-11H2,1H3,(H,21,26)(H,22,23,24). The first kappa shape index (κ1) is 20.4. The first-order chi connectivity index (χ1) is 14.4. The number of rotatable bonds is 7. The second-order valence-electron chi connectivity index (χ2n) is 6.88. The van der Waals surface area contributed by atoms with Gasteiger partial charge in [-0.25, -0.2) is 13.4 Å². The molecule has 10 heteroatoms. The number of carbonyl (C=O) groups excluding carboxylic acids is 1. The van der Waals surface area contributed by atoms with Gasteiger partial charge in [0.2, 0.25) is 0 Å². The Bertz CT molecular complexity index is 1150. The van der Waals surface area contributed by atoms with Gasteiger partial charge in [0, 0.05) is 24.4 Å². The molecule has 2 heterocycles. The van der Waals surface area contributed by atoms with Crippen molar-refractivity contribution in [2.75, 3.05) is 23.1 Å². The second-order valence-corrected chi connectivity index (χ2v) is 9.82. The lowest BCUT2D eigenvalue weighted by atomic mass is 10.1. The molecule has 0 saturated carbocycles. The van der Waals surface area contributed by atoms with Crippen LogP contribution in [0.25, 0.3) is 0 Å². The fourth-order valence-corrected chi connectivity index (χ4v) is 5.42. The molecule has 4 rings (SSSR count). The maximum atomic E-state index is 13.0. The Morgan fingerprint density at radius 2 is 2.03 bits per heavy atom. The van der Waals surface area contributed by atoms with Crippen LogP contribution in [0, 0.1) is 6.92 Å². The predicted octanol–water partition coefficient (Wildman–Crippen LogP) is 2.39. The van der Waals surface area contributed by atoms with E-state index in [2.05, 4.69) is 20.5 Å². The number of H-pyrrole nitrogens is 1. The maximum absolute atomic E-state index is 13.0. The summed E-state index contributed by atoms with van der Waals surface area (Å²) in [4.78, 5) is 16.7. The van der Waals surface area contributed by atoms with Crippen LogP contribution in [-0.4, -0.2) is 48.3 Å². The molecule has 0 radical (unpaired) electrons. The summed E-state index contributed by atoms with van der Waals surface area (Å²) in [5.74, 6) is 0.477. The first-order valence-electron chi connectivity index (χ1n) is 9.44. The molecule has 0 atom stereocenters. The third-order valence-electron chi connectivity index (χ3n) is 4.82. The third kappa shape index (κ3) is 4.19. The Hall–Kier alpha value is -2.85. The molecular weight excluding hydrogens is 422 g/mol. The van der Waals surface area contributed by atoms with E-state index in [1.807, 2.05) is 6.92 Å². The van der Waals surface area contributed by atoms with Crippen LogP contribution in [0.2, 0.25) is 0 Å². The monoisotopic (exact) mass is 443 g/mol. The zero-order valence-electron chi connectivity index (χ0n) is 16.3. The molecule has 1 aromatic heterocycles. The smallest absolute Gasteiger partial charge is 0.264 e. The Morgan fingerprint density at radius 1 is 1.23 bits per heavy atom. The van der Waals surface area contributed by atoms with E-state index in [0.717, 1.165) is 11.1 Å². The van der Waals surface area contributed by atoms with Crippen LogP contribution < -0.4 is 9.62 Å². The number of benzene rings is 2. The Labute approximate surface area is 179 Å². The summed E-state index contributed by atoms with van der Waals surface area (Å²) in [6.45, 7) is 2.76. The van der Waals surface area contributed by atoms with E-state index in [4.69, 9.17) is 0 Å². The Morgan fingerprint density at radius 3 is 2.77 bits per heavy atom. The maximum Gasteiger partial charge on any atom is 0.264 e. The quantitative estimate of drug-likeness (QED) is 0.429. The minimum Gasteiger partial charge on any atom is -0.351 e. The average molecular weight is 444 g/mol. The van der Waals surface area contributed by atoms with Gasteiger partial charge in [0.15, 0.2) is 5.16 Å². The minimum absolute atomic E-state index is 0.184. The predicted molar refractivity (Wildman–Crippen MR) is 115 cm³/mol. The molecule has 30 heavy (non-hydrogen) atoms. The molecule has 0 aliphatic carbocycles. The van der Waals surface area contributed by atoms with Crippen molar-refractivity contribution in [3.05, 3.63) is 65.5 Å². The van der Waals surface area contributed by atoms with E-state index >= 15 is 0 Å². The molecule has 0 fully saturated rings. The molecule has 8 nitrogen and oxygen atoms in total. The Kier molecular flexibility index (Phi) is 5.78. The molecule has 0 spiro atoms. The molecule has 0 unspecified atom stereocenters. The number of nitrogens with zero attached hydrogens (tertiary/aromatic N) is 3. The van der Waals surface area contributed by atoms with E-state index in [1.165, 1.54) is 22.4 Å². The van der Waals surface area contributed by atoms with Crippen molar-refractivity contribution < 1.29 is 13.2 Å². The number of amides is 1. The van der Waals surface area contributed by atoms with Gasteiger partial charge < -0.3 is 5.32 Å². The van der Waals surface area contributed by atoms with Crippen molar-refractivity contribution in [1.29, 1.82) is 0 Å². The van der Waals surface area contributed by atoms with Gasteiger partial charge in [-0.15, -0.1) is 0 Å². The largest absolute Gasteiger partial charge is 0.351 e. The first-order valence-corrected chi connectivity index (χ1v) is 11.9. The van der Waals surface area contributed by atoms with E-state index in [-0.39, 0.29) is 10.8 Å². The number of thioether (sulfide) groups is 1. The highest BCUT2D eigenvalue weighted by Crippen LogP contribution is 2.33. The lowest BCUT2D eigenvalue weighted by molar-refractivity contribution is 0.0956. The van der Waals surface area contributed by atoms with Crippen molar-refractivity contribution in [1.82, 2.24) is 20.5 Å². The summed E-state index contributed by atoms with van der Waals surface area (Å²) < 4.78 is 27.5. The normalized spacial score (nSPS) is 13.3. The van der Waals surface area contributed by atoms with E-state index in [1.54, 1.807) is 42.5 Å². The van der Waals surface area contributed by atoms with Gasteiger partial charge in [-0.2, -0.15) is 5.10 Å². The third-order valence-corrected chi connectivity index (χ3v) is 7.53. The summed E-state index contributed by atoms with van der Waals surface area (Å²) in [5.41, 5.74) is 3.01. The number of aromatic amines is 1. The van der Waals surface area contributed by atoms with E-state index in [0.29, 0.717) is 41.7 Å². The van der Waals surface area contributed by atoms with Gasteiger partial charge in [-0.05, 0) is 49.2 Å². The van der Waals surface area contributed by atoms with Crippen molar-refractivity contribution in [3.63, 3.8) is 0 Å². The Balaban J connectivity index is 1.43. The van der Waals surface area contributed by atoms with E-state index in [9.17, 15) is 13.2 Å². The van der Waals surface area contributed by atoms with Crippen molar-refractivity contribution >= 4 is 33.4 Å². The molecule has 0 saturated heterocycles. The van der Waals surface area contributed by atoms with Gasteiger partial charge in [0.1, 0.15) is 6.33 Å². The minimum atomic E-state index is -3.63. The highest BCUT2D eigenvalue weighted by molar-refractivity contribution is 7.99. The fourth-order valence-electron chi connectivity index (χ4n) is 3.28. The van der Waals surface area contributed by atoms with Gasteiger partial charge in [0.25, 0.3) is 15.9 Å². The zero-order valence-corrected chi connectivity index (χ0v) is 18.0. The van der Waals surface area contributed by atoms with Crippen LogP contribution in [0.1, 0.15) is 21.5 Å². The SMILES string of the molecule is Cc1ccc(S(=O)(=O)N2CCc3cc(C(=O)NCCSc4ncn[nH]4)ccc32)cc1. The number of sulfonamides is 1. The number of aromatic nitrogens is 3. The highest BCUT2D eigenvalue weighted by Gasteiger charge is 2.31. The molecule has 2 aromatic carbocycles. The number of fused-ring (bicyclic) bond motifs is 1. The molecule has 0 bridgehead atoms. The van der Waals surface area contributed by atoms with Crippen molar-refractivity contribution in [3.8, 4) is 0 Å². The summed E-state index contributed by atoms with van der Waals surface area (Å²) in [5, 5.41) is 10.1. The van der Waals surface area contributed by atoms with Crippen LogP contribution in [-0.2, 0) is 16.4 Å². The molecule has 2 N–H and O–H groups in total. The molecular formula is C20H21N5O3S2. The number of hydrogen-bond acceptors (Lipinski definition) is 6. The number of aryl methyl sites for hydroxylation is 1. The van der Waals surface area contributed by atoms with Crippen LogP contribution in [0.3, 0.4) is 0 Å². The topological polar surface area (TPSA) is 108 Å². The van der Waals surface area contributed by atoms with Crippen molar-refractivity contribution in [2.24, 2.45) is 0 Å². The molecule has 1 amide bonds. The molecule has 1 aliphatic rings. The average Bonchev–Trinajstić information content (AvgIpc) is 3.40. The molecule has 1 aliphatic heterocycles. The van der Waals surface area contributed by atoms with Gasteiger partial charge in [-0.1, -0.05) is 29.5 Å². The van der Waals surface area contributed by atoms with Crippen LogP contribution in [0.4, 0.5) is 5.69 Å². The van der Waals surface area contributed by atoms with Crippen LogP contribution in [0.15, 0.2) is 58.8 Å². The number of carbonyl (C=O) groups is 1. The summed E-state index contributed by atoms with van der Waals surface area (Å²) in [6.07, 6.45) is 2.01. The van der Waals surface area contributed by atoms with Gasteiger partial charge in [-0.3, -0.25) is 14.2 Å². The van der Waals surface area contributed by atoms with Crippen molar-refractivity contribution in [2.45, 2.75) is 23.4 Å². The fraction of sp³-hybridized carbons (Fsp3) is 0.250. The lowest BCUT2D eigenvalue weighted by Gasteiger charge is -2.20. The lowest BCUT2D eigenvalue weighted by Crippen LogP contribution is -2.29. The molecule has 156 valence electrons. The summed E-state index contributed by atoms with van der Waals surface area (Å²) >= 11 is 1.47.